The van der Waals surface area contributed by atoms with Gasteiger partial charge in [-0.2, -0.15) is 0 Å². The minimum atomic E-state index is -1.33. The molecule has 0 fully saturated rings. The maximum atomic E-state index is 6.27. The van der Waals surface area contributed by atoms with Crippen LogP contribution in [0.25, 0.3) is 0 Å². The Balaban J connectivity index is 3.44. The maximum Gasteiger partial charge on any atom is 0.191 e. The van der Waals surface area contributed by atoms with E-state index in [0.717, 1.165) is 6.61 Å². The van der Waals surface area contributed by atoms with Crippen LogP contribution < -0.4 is 0 Å². The quantitative estimate of drug-likeness (QED) is 0.215. The first-order valence-electron chi connectivity index (χ1n) is 8.66. The first-order valence-corrected chi connectivity index (χ1v) is 11.2. The summed E-state index contributed by atoms with van der Waals surface area (Å²) in [7, 11) is -1.33. The van der Waals surface area contributed by atoms with Gasteiger partial charge in [0, 0.05) is 6.61 Å². The summed E-state index contributed by atoms with van der Waals surface area (Å²) in [5.41, 5.74) is 0. The third-order valence-electron chi connectivity index (χ3n) is 4.30. The summed E-state index contributed by atoms with van der Waals surface area (Å²) < 4.78 is 6.27. The molecule has 0 bridgehead atoms. The van der Waals surface area contributed by atoms with Gasteiger partial charge < -0.3 is 4.43 Å². The van der Waals surface area contributed by atoms with Gasteiger partial charge in [0.05, 0.1) is 0 Å². The summed E-state index contributed by atoms with van der Waals surface area (Å²) in [5.74, 6) is 0. The number of allylic oxidation sites excluding steroid dienone is 4. The third-order valence-corrected chi connectivity index (χ3v) is 8.98. The van der Waals surface area contributed by atoms with Crippen LogP contribution in [0.5, 0.6) is 0 Å². The molecule has 20 heavy (non-hydrogen) atoms. The summed E-state index contributed by atoms with van der Waals surface area (Å²) in [6, 6.07) is 3.83. The zero-order valence-corrected chi connectivity index (χ0v) is 15.3. The summed E-state index contributed by atoms with van der Waals surface area (Å²) >= 11 is 0. The van der Waals surface area contributed by atoms with Crippen molar-refractivity contribution in [1.29, 1.82) is 0 Å². The fourth-order valence-corrected chi connectivity index (χ4v) is 5.22. The summed E-state index contributed by atoms with van der Waals surface area (Å²) in [4.78, 5) is 0. The number of rotatable bonds is 13. The summed E-state index contributed by atoms with van der Waals surface area (Å²) in [6.07, 6.45) is 16.4. The SMILES string of the molecule is CC=CC=CCCCCCCCO[Si](CC)(CC)CC. The minimum Gasteiger partial charge on any atom is -0.417 e. The smallest absolute Gasteiger partial charge is 0.191 e. The molecule has 0 heterocycles. The van der Waals surface area contributed by atoms with E-state index in [-0.39, 0.29) is 0 Å². The Labute approximate surface area is 128 Å². The van der Waals surface area contributed by atoms with E-state index in [4.69, 9.17) is 4.43 Å². The molecule has 0 aromatic carbocycles. The molecule has 0 amide bonds. The van der Waals surface area contributed by atoms with Gasteiger partial charge in [-0.25, -0.2) is 0 Å². The van der Waals surface area contributed by atoms with Crippen LogP contribution in [0, 0.1) is 0 Å². The van der Waals surface area contributed by atoms with Crippen molar-refractivity contribution >= 4 is 8.32 Å². The molecular weight excluding hydrogens is 260 g/mol. The van der Waals surface area contributed by atoms with Crippen LogP contribution in [0.15, 0.2) is 24.3 Å². The van der Waals surface area contributed by atoms with Crippen LogP contribution in [0.1, 0.15) is 66.2 Å². The highest BCUT2D eigenvalue weighted by Crippen LogP contribution is 2.22. The lowest BCUT2D eigenvalue weighted by Gasteiger charge is -2.27. The van der Waals surface area contributed by atoms with E-state index in [1.54, 1.807) is 0 Å². The zero-order chi connectivity index (χ0) is 15.1. The van der Waals surface area contributed by atoms with Crippen molar-refractivity contribution in [3.05, 3.63) is 24.3 Å². The molecule has 0 aliphatic rings. The molecule has 0 aromatic rings. The van der Waals surface area contributed by atoms with E-state index in [9.17, 15) is 0 Å². The van der Waals surface area contributed by atoms with Crippen LogP contribution >= 0.6 is 0 Å². The topological polar surface area (TPSA) is 9.23 Å². The molecule has 0 spiro atoms. The molecule has 0 unspecified atom stereocenters. The standard InChI is InChI=1S/C18H36OSi/c1-5-9-10-11-12-13-14-15-16-17-18-19-20(6-2,7-3)8-4/h5,9-11H,6-8,12-18H2,1-4H3. The highest BCUT2D eigenvalue weighted by molar-refractivity contribution is 6.73. The van der Waals surface area contributed by atoms with Gasteiger partial charge in [-0.15, -0.1) is 0 Å². The molecule has 0 radical (unpaired) electrons. The molecule has 0 saturated heterocycles. The monoisotopic (exact) mass is 296 g/mol. The first kappa shape index (κ1) is 19.7. The molecule has 0 atom stereocenters. The fraction of sp³-hybridized carbons (Fsp3) is 0.778. The predicted octanol–water partition coefficient (Wildman–Crippen LogP) is 6.48. The first-order chi connectivity index (χ1) is 9.74. The molecule has 0 saturated carbocycles. The molecule has 0 rings (SSSR count). The zero-order valence-electron chi connectivity index (χ0n) is 14.3. The van der Waals surface area contributed by atoms with Gasteiger partial charge in [-0.1, -0.05) is 64.3 Å². The van der Waals surface area contributed by atoms with Gasteiger partial charge in [0.1, 0.15) is 0 Å². The Morgan fingerprint density at radius 1 is 0.800 bits per heavy atom. The molecule has 0 aliphatic carbocycles. The van der Waals surface area contributed by atoms with E-state index >= 15 is 0 Å². The van der Waals surface area contributed by atoms with Crippen molar-refractivity contribution in [2.45, 2.75) is 84.4 Å². The van der Waals surface area contributed by atoms with Crippen LogP contribution in [0.2, 0.25) is 18.1 Å². The van der Waals surface area contributed by atoms with Crippen molar-refractivity contribution in [2.24, 2.45) is 0 Å². The van der Waals surface area contributed by atoms with E-state index in [2.05, 4.69) is 52.0 Å². The Morgan fingerprint density at radius 2 is 1.40 bits per heavy atom. The lowest BCUT2D eigenvalue weighted by Crippen LogP contribution is -2.36. The fourth-order valence-electron chi connectivity index (χ4n) is 2.53. The lowest BCUT2D eigenvalue weighted by molar-refractivity contribution is 0.287. The average molecular weight is 297 g/mol. The van der Waals surface area contributed by atoms with Gasteiger partial charge in [-0.05, 0) is 44.3 Å². The highest BCUT2D eigenvalue weighted by Gasteiger charge is 2.27. The second-order valence-electron chi connectivity index (χ2n) is 5.60. The van der Waals surface area contributed by atoms with Crippen LogP contribution in [-0.2, 0) is 4.43 Å². The normalized spacial score (nSPS) is 12.8. The second-order valence-corrected chi connectivity index (χ2v) is 10.4. The lowest BCUT2D eigenvalue weighted by atomic mass is 10.1. The number of hydrogen-bond acceptors (Lipinski definition) is 1. The summed E-state index contributed by atoms with van der Waals surface area (Å²) in [6.45, 7) is 9.98. The van der Waals surface area contributed by atoms with Crippen LogP contribution in [0.4, 0.5) is 0 Å². The molecule has 1 nitrogen and oxygen atoms in total. The third kappa shape index (κ3) is 9.54. The van der Waals surface area contributed by atoms with Crippen molar-refractivity contribution < 1.29 is 4.43 Å². The van der Waals surface area contributed by atoms with E-state index in [1.807, 2.05) is 0 Å². The van der Waals surface area contributed by atoms with Gasteiger partial charge in [0.25, 0.3) is 0 Å². The molecule has 2 heteroatoms. The predicted molar refractivity (Wildman–Crippen MR) is 94.8 cm³/mol. The Bertz CT molecular complexity index is 246. The van der Waals surface area contributed by atoms with Crippen molar-refractivity contribution in [3.63, 3.8) is 0 Å². The Hall–Kier alpha value is -0.343. The van der Waals surface area contributed by atoms with E-state index in [1.165, 1.54) is 56.7 Å². The molecular formula is C18H36OSi. The average Bonchev–Trinajstić information content (AvgIpc) is 2.49. The number of unbranched alkanes of at least 4 members (excludes halogenated alkanes) is 5. The molecule has 118 valence electrons. The maximum absolute atomic E-state index is 6.27. The second kappa shape index (κ2) is 13.6. The Morgan fingerprint density at radius 3 is 2.00 bits per heavy atom. The van der Waals surface area contributed by atoms with Crippen molar-refractivity contribution in [1.82, 2.24) is 0 Å². The minimum absolute atomic E-state index is 1.00. The van der Waals surface area contributed by atoms with Gasteiger partial charge in [0.15, 0.2) is 8.32 Å². The molecule has 0 aromatic heterocycles. The van der Waals surface area contributed by atoms with Gasteiger partial charge in [0.2, 0.25) is 0 Å². The largest absolute Gasteiger partial charge is 0.417 e. The molecule has 0 aliphatic heterocycles. The van der Waals surface area contributed by atoms with Gasteiger partial charge >= 0.3 is 0 Å². The van der Waals surface area contributed by atoms with Crippen molar-refractivity contribution in [2.75, 3.05) is 6.61 Å². The van der Waals surface area contributed by atoms with Gasteiger partial charge in [-0.3, -0.25) is 0 Å². The Kier molecular flexibility index (Phi) is 13.4. The van der Waals surface area contributed by atoms with E-state index in [0.29, 0.717) is 0 Å². The van der Waals surface area contributed by atoms with Crippen LogP contribution in [-0.4, -0.2) is 14.9 Å². The highest BCUT2D eigenvalue weighted by atomic mass is 28.4. The molecule has 0 N–H and O–H groups in total. The summed E-state index contributed by atoms with van der Waals surface area (Å²) in [5, 5.41) is 0. The van der Waals surface area contributed by atoms with Crippen molar-refractivity contribution in [3.8, 4) is 0 Å². The van der Waals surface area contributed by atoms with E-state index < -0.39 is 8.32 Å². The van der Waals surface area contributed by atoms with Crippen LogP contribution in [0.3, 0.4) is 0 Å². The number of hydrogen-bond donors (Lipinski definition) is 0.